The minimum absolute atomic E-state index is 0.0105. The van der Waals surface area contributed by atoms with Crippen LogP contribution >= 0.6 is 0 Å². The van der Waals surface area contributed by atoms with E-state index in [0.717, 1.165) is 0 Å². The Morgan fingerprint density at radius 3 is 2.15 bits per heavy atom. The first-order valence-electron chi connectivity index (χ1n) is 10.1. The lowest BCUT2D eigenvalue weighted by molar-refractivity contribution is -0.139. The second kappa shape index (κ2) is 12.7. The third kappa shape index (κ3) is 9.61. The summed E-state index contributed by atoms with van der Waals surface area (Å²) < 4.78 is 70.5. The number of carbonyl (C=O) groups is 2. The summed E-state index contributed by atoms with van der Waals surface area (Å²) in [6.07, 6.45) is -5.45. The van der Waals surface area contributed by atoms with Crippen LogP contribution in [0.3, 0.4) is 0 Å². The molecular weight excluding hydrogens is 467 g/mol. The van der Waals surface area contributed by atoms with Crippen LogP contribution in [0.1, 0.15) is 22.3 Å². The second-order valence-corrected chi connectivity index (χ2v) is 7.01. The summed E-state index contributed by atoms with van der Waals surface area (Å²) in [6.45, 7) is -3.91. The van der Waals surface area contributed by atoms with E-state index >= 15 is 0 Å². The average Bonchev–Trinajstić information content (AvgIpc) is 2.77. The maximum absolute atomic E-state index is 12.6. The van der Waals surface area contributed by atoms with E-state index in [4.69, 9.17) is 9.84 Å². The molecule has 0 radical (unpaired) electrons. The average molecular weight is 490 g/mol. The van der Waals surface area contributed by atoms with Crippen LogP contribution in [0, 0.1) is 0 Å². The second-order valence-electron chi connectivity index (χ2n) is 7.01. The molecule has 0 heterocycles. The largest absolute Gasteiger partial charge is 0.493 e. The number of amides is 2. The van der Waals surface area contributed by atoms with Crippen molar-refractivity contribution in [2.45, 2.75) is 31.7 Å². The van der Waals surface area contributed by atoms with Gasteiger partial charge in [-0.25, -0.2) is 0 Å². The lowest BCUT2D eigenvalue weighted by Crippen LogP contribution is -2.48. The maximum atomic E-state index is 12.6. The standard InChI is InChI=1S/C22H23F5N2O5/c23-21(24)34-17-5-1-14(2-6-17)13-18(20(32)28-10-11-30)29-19(31)15-3-7-16(8-4-15)33-12-9-22(25,26)27/h1-8,18,21,30H,9-13H2,(H,28,32)(H,29,31). The van der Waals surface area contributed by atoms with E-state index in [0.29, 0.717) is 5.56 Å². The monoisotopic (exact) mass is 490 g/mol. The lowest BCUT2D eigenvalue weighted by atomic mass is 10.0. The summed E-state index contributed by atoms with van der Waals surface area (Å²) in [4.78, 5) is 25.1. The number of nitrogens with one attached hydrogen (secondary N) is 2. The number of alkyl halides is 5. The van der Waals surface area contributed by atoms with E-state index in [2.05, 4.69) is 15.4 Å². The number of aliphatic hydroxyl groups is 1. The molecule has 2 amide bonds. The Morgan fingerprint density at radius 1 is 0.971 bits per heavy atom. The molecule has 186 valence electrons. The van der Waals surface area contributed by atoms with Gasteiger partial charge in [-0.2, -0.15) is 22.0 Å². The van der Waals surface area contributed by atoms with Gasteiger partial charge in [-0.1, -0.05) is 12.1 Å². The van der Waals surface area contributed by atoms with Crippen molar-refractivity contribution >= 4 is 11.8 Å². The SMILES string of the molecule is O=C(NC(Cc1ccc(OC(F)F)cc1)C(=O)NCCO)c1ccc(OCCC(F)(F)F)cc1. The van der Waals surface area contributed by atoms with Gasteiger partial charge in [0.1, 0.15) is 17.5 Å². The van der Waals surface area contributed by atoms with Gasteiger partial charge in [0.05, 0.1) is 19.6 Å². The van der Waals surface area contributed by atoms with Gasteiger partial charge in [0.2, 0.25) is 5.91 Å². The Balaban J connectivity index is 2.04. The Hall–Kier alpha value is -3.41. The predicted molar refractivity (Wildman–Crippen MR) is 111 cm³/mol. The molecule has 0 spiro atoms. The van der Waals surface area contributed by atoms with Crippen molar-refractivity contribution in [2.24, 2.45) is 0 Å². The zero-order valence-electron chi connectivity index (χ0n) is 17.8. The fraction of sp³-hybridized carbons (Fsp3) is 0.364. The molecular formula is C22H23F5N2O5. The van der Waals surface area contributed by atoms with E-state index in [1.807, 2.05) is 0 Å². The van der Waals surface area contributed by atoms with Crippen LogP contribution in [0.4, 0.5) is 22.0 Å². The van der Waals surface area contributed by atoms with Gasteiger partial charge in [-0.3, -0.25) is 9.59 Å². The molecule has 2 rings (SSSR count). The molecule has 1 atom stereocenters. The van der Waals surface area contributed by atoms with Crippen molar-refractivity contribution in [3.8, 4) is 11.5 Å². The van der Waals surface area contributed by atoms with Gasteiger partial charge in [-0.05, 0) is 42.0 Å². The Labute approximate surface area is 191 Å². The molecule has 34 heavy (non-hydrogen) atoms. The van der Waals surface area contributed by atoms with Crippen LogP contribution in [0.5, 0.6) is 11.5 Å². The minimum atomic E-state index is -4.35. The molecule has 0 bridgehead atoms. The van der Waals surface area contributed by atoms with Crippen LogP contribution in [0.25, 0.3) is 0 Å². The first-order chi connectivity index (χ1) is 16.1. The molecule has 3 N–H and O–H groups in total. The fourth-order valence-electron chi connectivity index (χ4n) is 2.78. The molecule has 7 nitrogen and oxygen atoms in total. The van der Waals surface area contributed by atoms with Gasteiger partial charge < -0.3 is 25.2 Å². The number of aliphatic hydroxyl groups excluding tert-OH is 1. The molecule has 0 aliphatic rings. The van der Waals surface area contributed by atoms with E-state index in [1.54, 1.807) is 0 Å². The van der Waals surface area contributed by atoms with Crippen molar-refractivity contribution in [3.05, 3.63) is 59.7 Å². The first-order valence-corrected chi connectivity index (χ1v) is 10.1. The number of hydrogen-bond donors (Lipinski definition) is 3. The smallest absolute Gasteiger partial charge is 0.392 e. The predicted octanol–water partition coefficient (Wildman–Crippen LogP) is 3.07. The number of ether oxygens (including phenoxy) is 2. The highest BCUT2D eigenvalue weighted by Gasteiger charge is 2.27. The molecule has 2 aromatic carbocycles. The highest BCUT2D eigenvalue weighted by atomic mass is 19.4. The molecule has 12 heteroatoms. The van der Waals surface area contributed by atoms with Crippen molar-refractivity contribution < 1.29 is 46.1 Å². The van der Waals surface area contributed by atoms with Gasteiger partial charge in [0, 0.05) is 18.5 Å². The zero-order chi connectivity index (χ0) is 25.1. The number of rotatable bonds is 12. The minimum Gasteiger partial charge on any atom is -0.493 e. The van der Waals surface area contributed by atoms with Crippen LogP contribution < -0.4 is 20.1 Å². The molecule has 0 saturated heterocycles. The highest BCUT2D eigenvalue weighted by Crippen LogP contribution is 2.21. The van der Waals surface area contributed by atoms with Crippen molar-refractivity contribution in [2.75, 3.05) is 19.8 Å². The topological polar surface area (TPSA) is 96.9 Å². The first kappa shape index (κ1) is 26.8. The Bertz CT molecular complexity index is 921. The van der Waals surface area contributed by atoms with Crippen LogP contribution in [-0.4, -0.2) is 55.5 Å². The van der Waals surface area contributed by atoms with Gasteiger partial charge in [-0.15, -0.1) is 0 Å². The maximum Gasteiger partial charge on any atom is 0.392 e. The van der Waals surface area contributed by atoms with Gasteiger partial charge >= 0.3 is 12.8 Å². The molecule has 0 aliphatic carbocycles. The quantitative estimate of drug-likeness (QED) is 0.398. The molecule has 0 aromatic heterocycles. The molecule has 0 saturated carbocycles. The summed E-state index contributed by atoms with van der Waals surface area (Å²) in [5.74, 6) is -1.14. The normalized spacial score (nSPS) is 12.2. The van der Waals surface area contributed by atoms with Crippen molar-refractivity contribution in [3.63, 3.8) is 0 Å². The van der Waals surface area contributed by atoms with E-state index < -0.39 is 43.7 Å². The van der Waals surface area contributed by atoms with E-state index in [1.165, 1.54) is 48.5 Å². The van der Waals surface area contributed by atoms with E-state index in [9.17, 15) is 31.5 Å². The third-order valence-electron chi connectivity index (χ3n) is 4.39. The van der Waals surface area contributed by atoms with Gasteiger partial charge in [0.15, 0.2) is 0 Å². The number of carbonyl (C=O) groups excluding carboxylic acids is 2. The lowest BCUT2D eigenvalue weighted by Gasteiger charge is -2.19. The summed E-state index contributed by atoms with van der Waals surface area (Å²) in [5.41, 5.74) is 0.670. The van der Waals surface area contributed by atoms with Crippen LogP contribution in [-0.2, 0) is 11.2 Å². The van der Waals surface area contributed by atoms with E-state index in [-0.39, 0.29) is 36.6 Å². The van der Waals surface area contributed by atoms with Crippen LogP contribution in [0.15, 0.2) is 48.5 Å². The summed E-state index contributed by atoms with van der Waals surface area (Å²) in [5, 5.41) is 13.9. The van der Waals surface area contributed by atoms with Crippen LogP contribution in [0.2, 0.25) is 0 Å². The van der Waals surface area contributed by atoms with Gasteiger partial charge in [0.25, 0.3) is 5.91 Å². The summed E-state index contributed by atoms with van der Waals surface area (Å²) in [6, 6.07) is 9.76. The molecule has 0 aliphatic heterocycles. The Morgan fingerprint density at radius 2 is 1.59 bits per heavy atom. The van der Waals surface area contributed by atoms with Crippen molar-refractivity contribution in [1.82, 2.24) is 10.6 Å². The number of benzene rings is 2. The molecule has 1 unspecified atom stereocenters. The molecule has 2 aromatic rings. The van der Waals surface area contributed by atoms with Crippen molar-refractivity contribution in [1.29, 1.82) is 0 Å². The summed E-state index contributed by atoms with van der Waals surface area (Å²) >= 11 is 0. The Kier molecular flexibility index (Phi) is 10.0. The highest BCUT2D eigenvalue weighted by molar-refractivity contribution is 5.97. The zero-order valence-corrected chi connectivity index (χ0v) is 17.8. The third-order valence-corrected chi connectivity index (χ3v) is 4.39. The number of halogens is 5. The fourth-order valence-corrected chi connectivity index (χ4v) is 2.78. The molecule has 0 fully saturated rings. The number of hydrogen-bond acceptors (Lipinski definition) is 5. The summed E-state index contributed by atoms with van der Waals surface area (Å²) in [7, 11) is 0.